The number of aromatic nitrogens is 1. The molecule has 0 aliphatic carbocycles. The molecule has 1 aliphatic rings. The van der Waals surface area contributed by atoms with E-state index in [0.29, 0.717) is 5.69 Å². The van der Waals surface area contributed by atoms with Gasteiger partial charge in [-0.1, -0.05) is 0 Å². The summed E-state index contributed by atoms with van der Waals surface area (Å²) in [6, 6.07) is 2.72. The van der Waals surface area contributed by atoms with Crippen molar-refractivity contribution in [3.8, 4) is 0 Å². The van der Waals surface area contributed by atoms with E-state index in [4.69, 9.17) is 5.11 Å². The predicted molar refractivity (Wildman–Crippen MR) is 56.0 cm³/mol. The molecule has 0 unspecified atom stereocenters. The van der Waals surface area contributed by atoms with Crippen LogP contribution >= 0.6 is 0 Å². The Kier molecular flexibility index (Phi) is 2.86. The number of carboxylic acid groups (broad SMARTS) is 1. The summed E-state index contributed by atoms with van der Waals surface area (Å²) in [6.07, 6.45) is 1.79. The van der Waals surface area contributed by atoms with Gasteiger partial charge in [-0.05, 0) is 12.1 Å². The van der Waals surface area contributed by atoms with Crippen LogP contribution < -0.4 is 0 Å². The number of hydrogen-bond donors (Lipinski definition) is 1. The molecule has 6 heteroatoms. The van der Waals surface area contributed by atoms with Crippen LogP contribution in [0.25, 0.3) is 0 Å². The maximum atomic E-state index is 11.4. The smallest absolute Gasteiger partial charge is 0.335 e. The highest BCUT2D eigenvalue weighted by Crippen LogP contribution is 2.15. The topological polar surface area (TPSA) is 87.6 Å². The number of carbonyl (C=O) groups is 3. The van der Waals surface area contributed by atoms with Crippen molar-refractivity contribution in [1.82, 2.24) is 9.88 Å². The number of hydrogen-bond acceptors (Lipinski definition) is 4. The zero-order valence-corrected chi connectivity index (χ0v) is 8.92. The molecule has 0 radical (unpaired) electrons. The van der Waals surface area contributed by atoms with Crippen LogP contribution in [-0.4, -0.2) is 32.8 Å². The average Bonchev–Trinajstić information content (AvgIpc) is 2.61. The second-order valence-corrected chi connectivity index (χ2v) is 3.71. The highest BCUT2D eigenvalue weighted by atomic mass is 16.4. The first-order valence-electron chi connectivity index (χ1n) is 5.09. The van der Waals surface area contributed by atoms with Crippen LogP contribution in [0.5, 0.6) is 0 Å². The third kappa shape index (κ3) is 2.30. The molecule has 0 spiro atoms. The van der Waals surface area contributed by atoms with Crippen LogP contribution in [0, 0.1) is 0 Å². The second-order valence-electron chi connectivity index (χ2n) is 3.71. The summed E-state index contributed by atoms with van der Waals surface area (Å²) >= 11 is 0. The largest absolute Gasteiger partial charge is 0.478 e. The number of carboxylic acids is 1. The Morgan fingerprint density at radius 1 is 1.35 bits per heavy atom. The number of aromatic carboxylic acids is 1. The Morgan fingerprint density at radius 2 is 2.00 bits per heavy atom. The Hall–Kier alpha value is -2.24. The van der Waals surface area contributed by atoms with Gasteiger partial charge >= 0.3 is 5.97 Å². The standard InChI is InChI=1S/C11H10N2O4/c14-9-1-2-10(15)13(9)6-8-5-7(11(16)17)3-4-12-8/h3-5H,1-2,6H2,(H,16,17). The summed E-state index contributed by atoms with van der Waals surface area (Å²) in [5.74, 6) is -1.54. The van der Waals surface area contributed by atoms with Crippen LogP contribution in [0.3, 0.4) is 0 Å². The Morgan fingerprint density at radius 3 is 2.59 bits per heavy atom. The van der Waals surface area contributed by atoms with Crippen LogP contribution in [0.4, 0.5) is 0 Å². The molecular formula is C11H10N2O4. The van der Waals surface area contributed by atoms with Gasteiger partial charge in [-0.15, -0.1) is 0 Å². The number of likely N-dealkylation sites (tertiary alicyclic amines) is 1. The maximum Gasteiger partial charge on any atom is 0.335 e. The molecule has 1 aliphatic heterocycles. The van der Waals surface area contributed by atoms with Gasteiger partial charge in [-0.2, -0.15) is 0 Å². The molecule has 2 amide bonds. The third-order valence-corrected chi connectivity index (χ3v) is 2.54. The molecule has 1 saturated heterocycles. The van der Waals surface area contributed by atoms with Gasteiger partial charge < -0.3 is 5.11 Å². The second kappa shape index (κ2) is 4.32. The van der Waals surface area contributed by atoms with Gasteiger partial charge in [-0.3, -0.25) is 19.5 Å². The van der Waals surface area contributed by atoms with E-state index >= 15 is 0 Å². The van der Waals surface area contributed by atoms with Crippen LogP contribution in [0.2, 0.25) is 0 Å². The van der Waals surface area contributed by atoms with Gasteiger partial charge in [0.05, 0.1) is 17.8 Å². The summed E-state index contributed by atoms with van der Waals surface area (Å²) < 4.78 is 0. The van der Waals surface area contributed by atoms with E-state index < -0.39 is 5.97 Å². The lowest BCUT2D eigenvalue weighted by Gasteiger charge is -2.12. The lowest BCUT2D eigenvalue weighted by molar-refractivity contribution is -0.139. The number of carbonyl (C=O) groups excluding carboxylic acids is 2. The first-order chi connectivity index (χ1) is 8.08. The van der Waals surface area contributed by atoms with E-state index in [0.717, 1.165) is 4.90 Å². The SMILES string of the molecule is O=C(O)c1ccnc(CN2C(=O)CCC2=O)c1. The Bertz CT molecular complexity index is 482. The molecule has 1 aromatic heterocycles. The molecule has 0 aromatic carbocycles. The summed E-state index contributed by atoms with van der Waals surface area (Å²) in [6.45, 7) is 0.0405. The summed E-state index contributed by atoms with van der Waals surface area (Å²) in [4.78, 5) is 38.5. The zero-order chi connectivity index (χ0) is 12.4. The van der Waals surface area contributed by atoms with E-state index in [2.05, 4.69) is 4.98 Å². The molecule has 1 aromatic rings. The normalized spacial score (nSPS) is 15.4. The van der Waals surface area contributed by atoms with Crippen LogP contribution in [0.1, 0.15) is 28.9 Å². The van der Waals surface area contributed by atoms with E-state index in [1.54, 1.807) is 0 Å². The third-order valence-electron chi connectivity index (χ3n) is 2.54. The van der Waals surface area contributed by atoms with Gasteiger partial charge in [-0.25, -0.2) is 4.79 Å². The fourth-order valence-electron chi connectivity index (χ4n) is 1.66. The molecule has 1 N–H and O–H groups in total. The molecular weight excluding hydrogens is 224 g/mol. The van der Waals surface area contributed by atoms with Gasteiger partial charge in [0.15, 0.2) is 0 Å². The van der Waals surface area contributed by atoms with E-state index in [1.165, 1.54) is 18.3 Å². The minimum atomic E-state index is -1.06. The van der Waals surface area contributed by atoms with E-state index in [-0.39, 0.29) is 36.8 Å². The van der Waals surface area contributed by atoms with Crippen molar-refractivity contribution in [2.24, 2.45) is 0 Å². The van der Waals surface area contributed by atoms with Gasteiger partial charge in [0.2, 0.25) is 11.8 Å². The molecule has 1 fully saturated rings. The zero-order valence-electron chi connectivity index (χ0n) is 8.92. The number of amides is 2. The number of imide groups is 1. The predicted octanol–water partition coefficient (Wildman–Crippen LogP) is 0.429. The number of nitrogens with zero attached hydrogens (tertiary/aromatic N) is 2. The van der Waals surface area contributed by atoms with Crippen molar-refractivity contribution in [2.45, 2.75) is 19.4 Å². The van der Waals surface area contributed by atoms with Crippen molar-refractivity contribution in [3.05, 3.63) is 29.6 Å². The average molecular weight is 234 g/mol. The number of pyridine rings is 1. The van der Waals surface area contributed by atoms with Gasteiger partial charge in [0.25, 0.3) is 0 Å². The number of rotatable bonds is 3. The fraction of sp³-hybridized carbons (Fsp3) is 0.273. The van der Waals surface area contributed by atoms with Crippen LogP contribution in [0.15, 0.2) is 18.3 Å². The first kappa shape index (κ1) is 11.3. The van der Waals surface area contributed by atoms with Crippen LogP contribution in [-0.2, 0) is 16.1 Å². The minimum absolute atomic E-state index is 0.0405. The molecule has 88 valence electrons. The highest BCUT2D eigenvalue weighted by Gasteiger charge is 2.29. The highest BCUT2D eigenvalue weighted by molar-refractivity contribution is 6.01. The molecule has 6 nitrogen and oxygen atoms in total. The van der Waals surface area contributed by atoms with Gasteiger partial charge in [0, 0.05) is 19.0 Å². The van der Waals surface area contributed by atoms with Crippen molar-refractivity contribution in [2.75, 3.05) is 0 Å². The lowest BCUT2D eigenvalue weighted by atomic mass is 10.2. The molecule has 2 heterocycles. The minimum Gasteiger partial charge on any atom is -0.478 e. The van der Waals surface area contributed by atoms with Crippen molar-refractivity contribution < 1.29 is 19.5 Å². The van der Waals surface area contributed by atoms with Crippen molar-refractivity contribution in [3.63, 3.8) is 0 Å². The lowest BCUT2D eigenvalue weighted by Crippen LogP contribution is -2.28. The first-order valence-corrected chi connectivity index (χ1v) is 5.09. The molecule has 0 bridgehead atoms. The molecule has 2 rings (SSSR count). The van der Waals surface area contributed by atoms with E-state index in [9.17, 15) is 14.4 Å². The Balaban J connectivity index is 2.18. The molecule has 17 heavy (non-hydrogen) atoms. The summed E-state index contributed by atoms with van der Waals surface area (Å²) in [7, 11) is 0. The van der Waals surface area contributed by atoms with Crippen molar-refractivity contribution >= 4 is 17.8 Å². The molecule has 0 saturated carbocycles. The Labute approximate surface area is 96.9 Å². The quantitative estimate of drug-likeness (QED) is 0.766. The summed E-state index contributed by atoms with van der Waals surface area (Å²) in [5, 5.41) is 8.80. The maximum absolute atomic E-state index is 11.4. The fourth-order valence-corrected chi connectivity index (χ4v) is 1.66. The van der Waals surface area contributed by atoms with Gasteiger partial charge in [0.1, 0.15) is 0 Å². The van der Waals surface area contributed by atoms with Crippen molar-refractivity contribution in [1.29, 1.82) is 0 Å². The monoisotopic (exact) mass is 234 g/mol. The van der Waals surface area contributed by atoms with E-state index in [1.807, 2.05) is 0 Å². The summed E-state index contributed by atoms with van der Waals surface area (Å²) in [5.41, 5.74) is 0.489. The molecule has 0 atom stereocenters.